The fourth-order valence-corrected chi connectivity index (χ4v) is 3.28. The first kappa shape index (κ1) is 14.4. The molecule has 1 unspecified atom stereocenters. The molecule has 0 saturated carbocycles. The molecule has 0 heterocycles. The van der Waals surface area contributed by atoms with Gasteiger partial charge in [0.25, 0.3) is 0 Å². The van der Waals surface area contributed by atoms with E-state index in [1.807, 2.05) is 6.92 Å². The van der Waals surface area contributed by atoms with Crippen molar-refractivity contribution in [3.05, 3.63) is 0 Å². The fourth-order valence-electron chi connectivity index (χ4n) is 1.29. The Kier molecular flexibility index (Phi) is 6.99. The summed E-state index contributed by atoms with van der Waals surface area (Å²) in [5.41, 5.74) is 0. The number of alkyl halides is 1. The molecule has 0 amide bonds. The van der Waals surface area contributed by atoms with Crippen LogP contribution in [-0.2, 0) is 10.0 Å². The van der Waals surface area contributed by atoms with E-state index in [1.54, 1.807) is 0 Å². The predicted molar refractivity (Wildman–Crippen MR) is 64.3 cm³/mol. The molecule has 0 aromatic carbocycles. The van der Waals surface area contributed by atoms with E-state index in [-0.39, 0.29) is 11.8 Å². The normalized spacial score (nSPS) is 14.6. The molecule has 0 aromatic rings. The molecule has 3 nitrogen and oxygen atoms in total. The number of hydrogen-bond acceptors (Lipinski definition) is 2. The highest BCUT2D eigenvalue weighted by molar-refractivity contribution is 9.09. The van der Waals surface area contributed by atoms with Crippen LogP contribution in [-0.4, -0.2) is 25.5 Å². The van der Waals surface area contributed by atoms with Crippen LogP contribution in [0.2, 0.25) is 0 Å². The molecule has 0 spiro atoms. The monoisotopic (exact) mass is 285 g/mol. The molecule has 0 fully saturated rings. The van der Waals surface area contributed by atoms with Crippen molar-refractivity contribution in [2.75, 3.05) is 11.1 Å². The van der Waals surface area contributed by atoms with Crippen LogP contribution in [0.4, 0.5) is 0 Å². The molecule has 0 saturated heterocycles. The second kappa shape index (κ2) is 6.80. The largest absolute Gasteiger partial charge is 0.212 e. The van der Waals surface area contributed by atoms with Gasteiger partial charge in [-0.25, -0.2) is 13.1 Å². The highest BCUT2D eigenvalue weighted by atomic mass is 79.9. The summed E-state index contributed by atoms with van der Waals surface area (Å²) in [6, 6.07) is 0.0200. The molecule has 1 atom stereocenters. The van der Waals surface area contributed by atoms with E-state index >= 15 is 0 Å². The standard InChI is InChI=1S/C9H20BrNO2S/c1-4-5-14(12,13)11-9(7-10)6-8(2)3/h8-9,11H,4-7H2,1-3H3. The Labute approximate surface area is 95.8 Å². The second-order valence-corrected chi connectivity index (χ2v) is 6.44. The van der Waals surface area contributed by atoms with Crippen LogP contribution in [0.15, 0.2) is 0 Å². The Hall–Kier alpha value is 0.390. The van der Waals surface area contributed by atoms with Crippen LogP contribution in [0, 0.1) is 5.92 Å². The molecular weight excluding hydrogens is 266 g/mol. The number of rotatable bonds is 7. The minimum absolute atomic E-state index is 0.0200. The summed E-state index contributed by atoms with van der Waals surface area (Å²) in [6.45, 7) is 6.04. The Balaban J connectivity index is 4.17. The summed E-state index contributed by atoms with van der Waals surface area (Å²) in [6.07, 6.45) is 1.53. The van der Waals surface area contributed by atoms with Crippen LogP contribution in [0.3, 0.4) is 0 Å². The zero-order chi connectivity index (χ0) is 11.2. The van der Waals surface area contributed by atoms with Crippen molar-refractivity contribution in [1.29, 1.82) is 0 Å². The van der Waals surface area contributed by atoms with Gasteiger partial charge in [-0.15, -0.1) is 0 Å². The Morgan fingerprint density at radius 1 is 1.36 bits per heavy atom. The average Bonchev–Trinajstić information content (AvgIpc) is 2.01. The molecule has 0 aliphatic carbocycles. The minimum Gasteiger partial charge on any atom is -0.212 e. The van der Waals surface area contributed by atoms with Gasteiger partial charge >= 0.3 is 0 Å². The van der Waals surface area contributed by atoms with E-state index in [2.05, 4.69) is 34.5 Å². The first-order valence-corrected chi connectivity index (χ1v) is 7.74. The summed E-state index contributed by atoms with van der Waals surface area (Å²) in [5.74, 6) is 0.719. The van der Waals surface area contributed by atoms with Crippen LogP contribution in [0.5, 0.6) is 0 Å². The third-order valence-corrected chi connectivity index (χ3v) is 4.18. The van der Waals surface area contributed by atoms with E-state index in [0.717, 1.165) is 6.42 Å². The highest BCUT2D eigenvalue weighted by Crippen LogP contribution is 2.08. The van der Waals surface area contributed by atoms with Gasteiger partial charge in [-0.2, -0.15) is 0 Å². The molecule has 0 aromatic heterocycles. The second-order valence-electron chi connectivity index (χ2n) is 3.92. The van der Waals surface area contributed by atoms with Gasteiger partial charge in [-0.3, -0.25) is 0 Å². The molecular formula is C9H20BrNO2S. The summed E-state index contributed by atoms with van der Waals surface area (Å²) >= 11 is 3.32. The Morgan fingerprint density at radius 3 is 2.29 bits per heavy atom. The maximum atomic E-state index is 11.4. The van der Waals surface area contributed by atoms with Crippen LogP contribution in [0.1, 0.15) is 33.6 Å². The number of hydrogen-bond donors (Lipinski definition) is 1. The van der Waals surface area contributed by atoms with Crippen molar-refractivity contribution in [3.8, 4) is 0 Å². The highest BCUT2D eigenvalue weighted by Gasteiger charge is 2.16. The molecule has 0 rings (SSSR count). The minimum atomic E-state index is -3.07. The lowest BCUT2D eigenvalue weighted by atomic mass is 10.1. The Morgan fingerprint density at radius 2 is 1.93 bits per heavy atom. The number of sulfonamides is 1. The summed E-state index contributed by atoms with van der Waals surface area (Å²) < 4.78 is 25.6. The van der Waals surface area contributed by atoms with Gasteiger partial charge in [0, 0.05) is 11.4 Å². The molecule has 5 heteroatoms. The lowest BCUT2D eigenvalue weighted by Gasteiger charge is -2.17. The number of nitrogens with one attached hydrogen (secondary N) is 1. The van der Waals surface area contributed by atoms with Crippen LogP contribution in [0.25, 0.3) is 0 Å². The van der Waals surface area contributed by atoms with Crippen LogP contribution < -0.4 is 4.72 Å². The van der Waals surface area contributed by atoms with Gasteiger partial charge in [0.05, 0.1) is 5.75 Å². The van der Waals surface area contributed by atoms with Gasteiger partial charge in [0.2, 0.25) is 10.0 Å². The lowest BCUT2D eigenvalue weighted by molar-refractivity contribution is 0.488. The van der Waals surface area contributed by atoms with E-state index in [1.165, 1.54) is 0 Å². The fraction of sp³-hybridized carbons (Fsp3) is 1.00. The van der Waals surface area contributed by atoms with Crippen molar-refractivity contribution >= 4 is 26.0 Å². The SMILES string of the molecule is CCCS(=O)(=O)NC(CBr)CC(C)C. The van der Waals surface area contributed by atoms with Crippen molar-refractivity contribution < 1.29 is 8.42 Å². The molecule has 86 valence electrons. The Bertz CT molecular complexity index is 239. The zero-order valence-electron chi connectivity index (χ0n) is 9.09. The van der Waals surface area contributed by atoms with E-state index in [9.17, 15) is 8.42 Å². The smallest absolute Gasteiger partial charge is 0.211 e. The van der Waals surface area contributed by atoms with Crippen LogP contribution >= 0.6 is 15.9 Å². The number of halogens is 1. The first-order valence-electron chi connectivity index (χ1n) is 4.97. The summed E-state index contributed by atoms with van der Waals surface area (Å²) in [5, 5.41) is 0.675. The molecule has 0 bridgehead atoms. The van der Waals surface area contributed by atoms with Gasteiger partial charge in [-0.05, 0) is 18.8 Å². The van der Waals surface area contributed by atoms with Crippen molar-refractivity contribution in [2.45, 2.75) is 39.7 Å². The maximum Gasteiger partial charge on any atom is 0.211 e. The van der Waals surface area contributed by atoms with Crippen molar-refractivity contribution in [2.24, 2.45) is 5.92 Å². The van der Waals surface area contributed by atoms with Gasteiger partial charge in [0.1, 0.15) is 0 Å². The van der Waals surface area contributed by atoms with Gasteiger partial charge < -0.3 is 0 Å². The van der Waals surface area contributed by atoms with E-state index in [0.29, 0.717) is 17.7 Å². The van der Waals surface area contributed by atoms with Gasteiger partial charge in [-0.1, -0.05) is 36.7 Å². The first-order chi connectivity index (χ1) is 6.41. The topological polar surface area (TPSA) is 46.2 Å². The maximum absolute atomic E-state index is 11.4. The third-order valence-electron chi connectivity index (χ3n) is 1.76. The van der Waals surface area contributed by atoms with Crippen molar-refractivity contribution in [3.63, 3.8) is 0 Å². The lowest BCUT2D eigenvalue weighted by Crippen LogP contribution is -2.38. The van der Waals surface area contributed by atoms with Crippen molar-refractivity contribution in [1.82, 2.24) is 4.72 Å². The van der Waals surface area contributed by atoms with E-state index < -0.39 is 10.0 Å². The zero-order valence-corrected chi connectivity index (χ0v) is 11.5. The third kappa shape index (κ3) is 6.79. The molecule has 0 aliphatic heterocycles. The molecule has 0 radical (unpaired) electrons. The predicted octanol–water partition coefficient (Wildman–Crippen LogP) is 2.13. The van der Waals surface area contributed by atoms with E-state index in [4.69, 9.17) is 0 Å². The molecule has 0 aliphatic rings. The van der Waals surface area contributed by atoms with Gasteiger partial charge in [0.15, 0.2) is 0 Å². The summed E-state index contributed by atoms with van der Waals surface area (Å²) in [4.78, 5) is 0. The molecule has 14 heavy (non-hydrogen) atoms. The average molecular weight is 286 g/mol. The summed E-state index contributed by atoms with van der Waals surface area (Å²) in [7, 11) is -3.07. The quantitative estimate of drug-likeness (QED) is 0.729. The molecule has 1 N–H and O–H groups in total.